The lowest BCUT2D eigenvalue weighted by atomic mass is 9.97. The smallest absolute Gasteiger partial charge is 0.317 e. The molecule has 1 aliphatic rings. The van der Waals surface area contributed by atoms with Crippen molar-refractivity contribution in [3.05, 3.63) is 156 Å². The average molecular weight is 623 g/mol. The highest BCUT2D eigenvalue weighted by molar-refractivity contribution is 5.74. The number of hydrogen-bond acceptors (Lipinski definition) is 6. The van der Waals surface area contributed by atoms with E-state index >= 15 is 0 Å². The zero-order valence-corrected chi connectivity index (χ0v) is 25.9. The molecule has 46 heavy (non-hydrogen) atoms. The molecule has 4 aromatic rings. The van der Waals surface area contributed by atoms with Crippen LogP contribution < -0.4 is 10.6 Å². The third-order valence-electron chi connectivity index (χ3n) is 7.56. The van der Waals surface area contributed by atoms with Crippen molar-refractivity contribution in [1.29, 1.82) is 0 Å². The van der Waals surface area contributed by atoms with Crippen LogP contribution in [0.25, 0.3) is 0 Å². The molecule has 1 heterocycles. The third-order valence-corrected chi connectivity index (χ3v) is 7.56. The van der Waals surface area contributed by atoms with Gasteiger partial charge in [0.1, 0.15) is 24.4 Å². The van der Waals surface area contributed by atoms with E-state index in [1.165, 1.54) is 0 Å². The Balaban J connectivity index is 1.44. The summed E-state index contributed by atoms with van der Waals surface area (Å²) in [6.07, 6.45) is -1.77. The fraction of sp³-hybridized carbons (Fsp3) is 0.289. The molecule has 5 atom stereocenters. The predicted octanol–water partition coefficient (Wildman–Crippen LogP) is 6.17. The lowest BCUT2D eigenvalue weighted by molar-refractivity contribution is -0.275. The lowest BCUT2D eigenvalue weighted by Crippen LogP contribution is -2.66. The van der Waals surface area contributed by atoms with Crippen LogP contribution in [0.5, 0.6) is 0 Å². The minimum absolute atomic E-state index is 0.206. The van der Waals surface area contributed by atoms with E-state index in [0.717, 1.165) is 22.3 Å². The van der Waals surface area contributed by atoms with Gasteiger partial charge in [-0.05, 0) is 22.3 Å². The summed E-state index contributed by atoms with van der Waals surface area (Å²) in [6.45, 7) is 5.53. The first kappa shape index (κ1) is 33.1. The number of carbonyl (C=O) groups is 1. The molecule has 0 unspecified atom stereocenters. The minimum Gasteiger partial charge on any atom is -0.374 e. The van der Waals surface area contributed by atoms with Crippen molar-refractivity contribution < 1.29 is 28.5 Å². The topological polar surface area (TPSA) is 87.3 Å². The van der Waals surface area contributed by atoms with Gasteiger partial charge < -0.3 is 34.3 Å². The molecular weight excluding hydrogens is 580 g/mol. The molecule has 0 aliphatic carbocycles. The minimum atomic E-state index is -0.865. The Labute approximate surface area is 271 Å². The molecule has 2 amide bonds. The van der Waals surface area contributed by atoms with Crippen LogP contribution in [0.4, 0.5) is 4.79 Å². The molecule has 0 bridgehead atoms. The maximum absolute atomic E-state index is 13.0. The molecule has 0 spiro atoms. The number of ether oxygens (including phenoxy) is 5. The summed E-state index contributed by atoms with van der Waals surface area (Å²) in [5, 5.41) is 5.74. The van der Waals surface area contributed by atoms with E-state index in [-0.39, 0.29) is 13.2 Å². The molecule has 8 heteroatoms. The quantitative estimate of drug-likeness (QED) is 0.145. The van der Waals surface area contributed by atoms with Gasteiger partial charge in [0.2, 0.25) is 0 Å². The molecule has 0 saturated carbocycles. The van der Waals surface area contributed by atoms with Gasteiger partial charge in [0.25, 0.3) is 0 Å². The first-order chi connectivity index (χ1) is 22.7. The monoisotopic (exact) mass is 622 g/mol. The number of benzene rings is 4. The summed E-state index contributed by atoms with van der Waals surface area (Å²) in [7, 11) is 0. The maximum Gasteiger partial charge on any atom is 0.317 e. The van der Waals surface area contributed by atoms with Gasteiger partial charge in [-0.15, -0.1) is 6.58 Å². The highest BCUT2D eigenvalue weighted by atomic mass is 16.6. The van der Waals surface area contributed by atoms with Crippen LogP contribution in [0, 0.1) is 0 Å². The molecule has 1 saturated heterocycles. The average Bonchev–Trinajstić information content (AvgIpc) is 3.10. The Morgan fingerprint density at radius 2 is 1.07 bits per heavy atom. The van der Waals surface area contributed by atoms with Crippen molar-refractivity contribution in [3.8, 4) is 0 Å². The predicted molar refractivity (Wildman–Crippen MR) is 177 cm³/mol. The van der Waals surface area contributed by atoms with E-state index in [1.807, 2.05) is 121 Å². The second-order valence-corrected chi connectivity index (χ2v) is 11.0. The Kier molecular flexibility index (Phi) is 12.9. The number of amides is 2. The van der Waals surface area contributed by atoms with Crippen molar-refractivity contribution in [2.45, 2.75) is 57.1 Å². The van der Waals surface area contributed by atoms with E-state index in [1.54, 1.807) is 6.08 Å². The first-order valence-corrected chi connectivity index (χ1v) is 15.6. The third kappa shape index (κ3) is 10.1. The zero-order valence-electron chi connectivity index (χ0n) is 25.9. The number of hydrogen-bond donors (Lipinski definition) is 2. The molecule has 0 radical (unpaired) electrons. The zero-order chi connectivity index (χ0) is 31.8. The highest BCUT2D eigenvalue weighted by Gasteiger charge is 2.49. The van der Waals surface area contributed by atoms with Gasteiger partial charge in [0.05, 0.1) is 33.0 Å². The van der Waals surface area contributed by atoms with Crippen LogP contribution in [-0.4, -0.2) is 49.8 Å². The van der Waals surface area contributed by atoms with Crippen molar-refractivity contribution in [1.82, 2.24) is 10.6 Å². The van der Waals surface area contributed by atoms with Crippen molar-refractivity contribution in [2.24, 2.45) is 0 Å². The fourth-order valence-electron chi connectivity index (χ4n) is 5.25. The number of rotatable bonds is 16. The van der Waals surface area contributed by atoms with E-state index in [0.29, 0.717) is 26.4 Å². The number of urea groups is 1. The van der Waals surface area contributed by atoms with Crippen LogP contribution in [0.15, 0.2) is 134 Å². The Hall–Kier alpha value is -4.31. The van der Waals surface area contributed by atoms with Crippen LogP contribution in [0.2, 0.25) is 0 Å². The van der Waals surface area contributed by atoms with Gasteiger partial charge in [0, 0.05) is 6.54 Å². The number of nitrogens with one attached hydrogen (secondary N) is 2. The molecular formula is C38H42N2O6. The SMILES string of the molecule is C=CCNC(=O)N[C@H]1O[C@H](COCc2ccccc2)[C@@H](OCc2ccccc2)[C@H](OCc2ccccc2)[C@H]1OCc1ccccc1. The largest absolute Gasteiger partial charge is 0.374 e. The Bertz CT molecular complexity index is 1440. The van der Waals surface area contributed by atoms with Gasteiger partial charge in [-0.25, -0.2) is 4.79 Å². The lowest BCUT2D eigenvalue weighted by Gasteiger charge is -2.46. The maximum atomic E-state index is 13.0. The van der Waals surface area contributed by atoms with Gasteiger partial charge in [-0.3, -0.25) is 0 Å². The van der Waals surface area contributed by atoms with Crippen molar-refractivity contribution in [2.75, 3.05) is 13.2 Å². The standard InChI is InChI=1S/C38H42N2O6/c1-2-23-39-38(41)40-37-36(45-27-32-21-13-6-14-22-32)35(44-26-31-19-11-5-12-20-31)34(43-25-30-17-9-4-10-18-30)33(46-37)28-42-24-29-15-7-3-8-16-29/h2-22,33-37H,1,23-28H2,(H2,39,40,41)/t33-,34-,35+,36-,37+/m1/s1. The van der Waals surface area contributed by atoms with Crippen LogP contribution in [0.1, 0.15) is 22.3 Å². The fourth-order valence-corrected chi connectivity index (χ4v) is 5.25. The second kappa shape index (κ2) is 18.0. The van der Waals surface area contributed by atoms with E-state index in [2.05, 4.69) is 17.2 Å². The molecule has 5 rings (SSSR count). The van der Waals surface area contributed by atoms with E-state index in [9.17, 15) is 4.79 Å². The molecule has 1 fully saturated rings. The van der Waals surface area contributed by atoms with Gasteiger partial charge in [-0.1, -0.05) is 127 Å². The summed E-state index contributed by atoms with van der Waals surface area (Å²) < 4.78 is 32.7. The highest BCUT2D eigenvalue weighted by Crippen LogP contribution is 2.30. The molecule has 4 aromatic carbocycles. The van der Waals surface area contributed by atoms with Crippen LogP contribution in [0.3, 0.4) is 0 Å². The summed E-state index contributed by atoms with van der Waals surface area (Å²) in [6, 6.07) is 39.3. The normalized spacial score (nSPS) is 20.9. The number of carbonyl (C=O) groups excluding carboxylic acids is 1. The van der Waals surface area contributed by atoms with Gasteiger partial charge in [-0.2, -0.15) is 0 Å². The summed E-state index contributed by atoms with van der Waals surface area (Å²) in [4.78, 5) is 13.0. The molecule has 0 aromatic heterocycles. The second-order valence-electron chi connectivity index (χ2n) is 11.0. The summed E-state index contributed by atoms with van der Waals surface area (Å²) in [5.41, 5.74) is 4.04. The van der Waals surface area contributed by atoms with Crippen LogP contribution in [-0.2, 0) is 50.1 Å². The first-order valence-electron chi connectivity index (χ1n) is 15.6. The molecule has 8 nitrogen and oxygen atoms in total. The van der Waals surface area contributed by atoms with Crippen LogP contribution >= 0.6 is 0 Å². The Morgan fingerprint density at radius 1 is 0.630 bits per heavy atom. The van der Waals surface area contributed by atoms with Gasteiger partial charge >= 0.3 is 6.03 Å². The molecule has 2 N–H and O–H groups in total. The summed E-state index contributed by atoms with van der Waals surface area (Å²) in [5.74, 6) is 0. The van der Waals surface area contributed by atoms with E-state index in [4.69, 9.17) is 23.7 Å². The summed E-state index contributed by atoms with van der Waals surface area (Å²) >= 11 is 0. The van der Waals surface area contributed by atoms with Gasteiger partial charge in [0.15, 0.2) is 6.23 Å². The van der Waals surface area contributed by atoms with Crippen molar-refractivity contribution in [3.63, 3.8) is 0 Å². The molecule has 1 aliphatic heterocycles. The van der Waals surface area contributed by atoms with Crippen molar-refractivity contribution >= 4 is 6.03 Å². The Morgan fingerprint density at radius 3 is 1.54 bits per heavy atom. The molecule has 240 valence electrons. The van der Waals surface area contributed by atoms with E-state index < -0.39 is 36.7 Å².